The average molecular weight is 249 g/mol. The third-order valence-electron chi connectivity index (χ3n) is 1.53. The molecule has 0 aliphatic heterocycles. The van der Waals surface area contributed by atoms with Gasteiger partial charge in [0.25, 0.3) is 0 Å². The first-order chi connectivity index (χ1) is 5.35. The van der Waals surface area contributed by atoms with Crippen LogP contribution in [0.15, 0.2) is 0 Å². The van der Waals surface area contributed by atoms with Crippen molar-refractivity contribution in [1.82, 2.24) is 4.90 Å². The minimum absolute atomic E-state index is 0. The molecule has 0 saturated carbocycles. The Hall–Kier alpha value is 0.229. The van der Waals surface area contributed by atoms with E-state index >= 15 is 0 Å². The molecule has 0 heterocycles. The van der Waals surface area contributed by atoms with E-state index in [1.165, 1.54) is 0 Å². The van der Waals surface area contributed by atoms with Gasteiger partial charge in [-0.3, -0.25) is 0 Å². The summed E-state index contributed by atoms with van der Waals surface area (Å²) >= 11 is 0. The van der Waals surface area contributed by atoms with E-state index in [1.54, 1.807) is 11.9 Å². The Morgan fingerprint density at radius 3 is 2.15 bits per heavy atom. The van der Waals surface area contributed by atoms with Crippen molar-refractivity contribution in [3.63, 3.8) is 0 Å². The van der Waals surface area contributed by atoms with Crippen LogP contribution < -0.4 is 0 Å². The van der Waals surface area contributed by atoms with Crippen molar-refractivity contribution in [3.8, 4) is 0 Å². The van der Waals surface area contributed by atoms with Gasteiger partial charge < -0.3 is 10.0 Å². The summed E-state index contributed by atoms with van der Waals surface area (Å²) in [6.45, 7) is 2.52. The van der Waals surface area contributed by atoms with Gasteiger partial charge in [0.05, 0.1) is 12.5 Å². The molecule has 13 heavy (non-hydrogen) atoms. The van der Waals surface area contributed by atoms with Crippen LogP contribution in [-0.4, -0.2) is 42.4 Å². The van der Waals surface area contributed by atoms with Crippen molar-refractivity contribution in [3.05, 3.63) is 0 Å². The van der Waals surface area contributed by atoms with E-state index < -0.39 is 18.7 Å². The number of nitrogens with zero attached hydrogens (tertiary/aromatic N) is 1. The fraction of sp³-hybridized carbons (Fsp3) is 1.00. The first-order valence-electron chi connectivity index (χ1n) is 3.78. The Bertz CT molecular complexity index is 131. The molecule has 0 saturated heterocycles. The number of rotatable bonds is 4. The predicted octanol–water partition coefficient (Wildman–Crippen LogP) is 1.25. The Kier molecular flexibility index (Phi) is 8.03. The molecule has 0 amide bonds. The second-order valence-corrected chi connectivity index (χ2v) is 2.83. The van der Waals surface area contributed by atoms with Crippen molar-refractivity contribution < 1.29 is 35.3 Å². The molecule has 1 radical (unpaired) electrons. The van der Waals surface area contributed by atoms with Crippen LogP contribution in [-0.2, 0) is 17.1 Å². The third-order valence-corrected chi connectivity index (χ3v) is 1.53. The zero-order chi connectivity index (χ0) is 9.78. The van der Waals surface area contributed by atoms with Crippen LogP contribution in [0.3, 0.4) is 0 Å². The molecule has 85 valence electrons. The maximum absolute atomic E-state index is 11.7. The van der Waals surface area contributed by atoms with Gasteiger partial charge >= 0.3 is 6.18 Å². The fourth-order valence-electron chi connectivity index (χ4n) is 0.821. The normalized spacial score (nSPS) is 14.1. The van der Waals surface area contributed by atoms with E-state index in [-0.39, 0.29) is 23.6 Å². The van der Waals surface area contributed by atoms with Gasteiger partial charge in [0, 0.05) is 23.6 Å². The summed E-state index contributed by atoms with van der Waals surface area (Å²) in [5.74, 6) is 0. The molecule has 0 aliphatic rings. The van der Waals surface area contributed by atoms with E-state index in [0.29, 0.717) is 6.54 Å². The van der Waals surface area contributed by atoms with Gasteiger partial charge in [0.15, 0.2) is 0 Å². The summed E-state index contributed by atoms with van der Waals surface area (Å²) < 4.78 is 35.0. The molecule has 0 rings (SSSR count). The maximum atomic E-state index is 11.7. The minimum Gasteiger partial charge on any atom is -0.391 e. The Labute approximate surface area is 86.6 Å². The van der Waals surface area contributed by atoms with Gasteiger partial charge in [-0.2, -0.15) is 13.2 Å². The quantitative estimate of drug-likeness (QED) is 0.757. The SMILES string of the molecule is CCN(C)CC(O)CC(F)(F)F.[Cu]. The zero-order valence-electron chi connectivity index (χ0n) is 7.53. The van der Waals surface area contributed by atoms with Crippen LogP contribution >= 0.6 is 0 Å². The first-order valence-corrected chi connectivity index (χ1v) is 3.78. The molecule has 1 atom stereocenters. The Morgan fingerprint density at radius 1 is 1.38 bits per heavy atom. The standard InChI is InChI=1S/C7H14F3NO.Cu/c1-3-11(2)5-6(12)4-7(8,9)10;/h6,12H,3-5H2,1-2H3;. The summed E-state index contributed by atoms with van der Waals surface area (Å²) in [6.07, 6.45) is -6.71. The van der Waals surface area contributed by atoms with Crippen molar-refractivity contribution in [1.29, 1.82) is 0 Å². The average Bonchev–Trinajstić information content (AvgIpc) is 1.82. The van der Waals surface area contributed by atoms with Crippen LogP contribution in [0.4, 0.5) is 13.2 Å². The molecule has 0 aliphatic carbocycles. The topological polar surface area (TPSA) is 23.5 Å². The van der Waals surface area contributed by atoms with Crippen molar-refractivity contribution in [2.45, 2.75) is 25.6 Å². The number of halogens is 3. The Balaban J connectivity index is 0. The molecule has 0 spiro atoms. The summed E-state index contributed by atoms with van der Waals surface area (Å²) in [7, 11) is 1.67. The van der Waals surface area contributed by atoms with Crippen LogP contribution in [0, 0.1) is 0 Å². The largest absolute Gasteiger partial charge is 0.391 e. The van der Waals surface area contributed by atoms with E-state index in [0.717, 1.165) is 0 Å². The van der Waals surface area contributed by atoms with Gasteiger partial charge in [-0.25, -0.2) is 0 Å². The molecule has 2 nitrogen and oxygen atoms in total. The van der Waals surface area contributed by atoms with Crippen LogP contribution in [0.1, 0.15) is 13.3 Å². The van der Waals surface area contributed by atoms with Crippen LogP contribution in [0.25, 0.3) is 0 Å². The van der Waals surface area contributed by atoms with Gasteiger partial charge in [-0.15, -0.1) is 0 Å². The zero-order valence-corrected chi connectivity index (χ0v) is 8.47. The molecule has 6 heteroatoms. The second-order valence-electron chi connectivity index (χ2n) is 2.83. The number of aliphatic hydroxyl groups is 1. The smallest absolute Gasteiger partial charge is 0.391 e. The number of aliphatic hydroxyl groups excluding tert-OH is 1. The summed E-state index contributed by atoms with van der Waals surface area (Å²) in [6, 6.07) is 0. The predicted molar refractivity (Wildman–Crippen MR) is 39.8 cm³/mol. The molecule has 1 N–H and O–H groups in total. The van der Waals surface area contributed by atoms with Gasteiger partial charge in [-0.1, -0.05) is 6.92 Å². The maximum Gasteiger partial charge on any atom is 0.391 e. The van der Waals surface area contributed by atoms with E-state index in [4.69, 9.17) is 5.11 Å². The fourth-order valence-corrected chi connectivity index (χ4v) is 0.821. The molecule has 0 aromatic rings. The van der Waals surface area contributed by atoms with Crippen molar-refractivity contribution in [2.75, 3.05) is 20.1 Å². The monoisotopic (exact) mass is 248 g/mol. The molecule has 0 aromatic heterocycles. The number of alkyl halides is 3. The number of likely N-dealkylation sites (N-methyl/N-ethyl adjacent to an activating group) is 1. The first kappa shape index (κ1) is 15.7. The molecular formula is C7H14CuF3NO. The van der Waals surface area contributed by atoms with Crippen LogP contribution in [0.2, 0.25) is 0 Å². The van der Waals surface area contributed by atoms with E-state index in [2.05, 4.69) is 0 Å². The van der Waals surface area contributed by atoms with Crippen molar-refractivity contribution >= 4 is 0 Å². The van der Waals surface area contributed by atoms with Gasteiger partial charge in [0.2, 0.25) is 0 Å². The third kappa shape index (κ3) is 10.1. The minimum atomic E-state index is -4.27. The molecule has 1 unspecified atom stereocenters. The summed E-state index contributed by atoms with van der Waals surface area (Å²) in [4.78, 5) is 1.64. The summed E-state index contributed by atoms with van der Waals surface area (Å²) in [5.41, 5.74) is 0. The Morgan fingerprint density at radius 2 is 1.85 bits per heavy atom. The van der Waals surface area contributed by atoms with Crippen LogP contribution in [0.5, 0.6) is 0 Å². The van der Waals surface area contributed by atoms with Gasteiger partial charge in [-0.05, 0) is 13.6 Å². The van der Waals surface area contributed by atoms with E-state index in [9.17, 15) is 13.2 Å². The molecule has 0 fully saturated rings. The second kappa shape index (κ2) is 6.65. The van der Waals surface area contributed by atoms with Crippen molar-refractivity contribution in [2.24, 2.45) is 0 Å². The molecular weight excluding hydrogens is 235 g/mol. The molecule has 0 bridgehead atoms. The number of hydrogen-bond donors (Lipinski definition) is 1. The van der Waals surface area contributed by atoms with E-state index in [1.807, 2.05) is 6.92 Å². The molecule has 0 aromatic carbocycles. The number of hydrogen-bond acceptors (Lipinski definition) is 2. The van der Waals surface area contributed by atoms with Gasteiger partial charge in [0.1, 0.15) is 0 Å². The summed E-state index contributed by atoms with van der Waals surface area (Å²) in [5, 5.41) is 8.92.